The van der Waals surface area contributed by atoms with Crippen molar-refractivity contribution in [3.8, 4) is 11.3 Å². The number of carbonyl (C=O) groups excluding carboxylic acids is 1. The predicted molar refractivity (Wildman–Crippen MR) is 81.0 cm³/mol. The molecule has 0 aliphatic heterocycles. The Morgan fingerprint density at radius 2 is 1.82 bits per heavy atom. The fourth-order valence-electron chi connectivity index (χ4n) is 1.80. The highest BCUT2D eigenvalue weighted by molar-refractivity contribution is 5.97. The van der Waals surface area contributed by atoms with Crippen molar-refractivity contribution in [3.05, 3.63) is 42.2 Å². The normalized spacial score (nSPS) is 11.0. The second kappa shape index (κ2) is 5.93. The van der Waals surface area contributed by atoms with E-state index >= 15 is 0 Å². The fraction of sp³-hybridized carbons (Fsp3) is 0.250. The minimum absolute atomic E-state index is 0.0561. The summed E-state index contributed by atoms with van der Waals surface area (Å²) in [5.74, 6) is -1.26. The number of aromatic carboxylic acids is 1. The predicted octanol–water partition coefficient (Wildman–Crippen LogP) is 3.99. The van der Waals surface area contributed by atoms with Gasteiger partial charge in [0.25, 0.3) is 0 Å². The zero-order valence-electron chi connectivity index (χ0n) is 12.5. The first-order chi connectivity index (χ1) is 10.3. The summed E-state index contributed by atoms with van der Waals surface area (Å²) >= 11 is 0. The van der Waals surface area contributed by atoms with Gasteiger partial charge < -0.3 is 14.3 Å². The second-order valence-corrected chi connectivity index (χ2v) is 5.65. The highest BCUT2D eigenvalue weighted by Gasteiger charge is 2.23. The molecule has 0 unspecified atom stereocenters. The average molecular weight is 303 g/mol. The number of hydrogen-bond donors (Lipinski definition) is 2. The summed E-state index contributed by atoms with van der Waals surface area (Å²) in [7, 11) is 0. The van der Waals surface area contributed by atoms with Crippen LogP contribution in [0.4, 0.5) is 10.5 Å². The number of hydrogen-bond acceptors (Lipinski definition) is 4. The molecular weight excluding hydrogens is 286 g/mol. The Balaban J connectivity index is 2.29. The van der Waals surface area contributed by atoms with Crippen LogP contribution >= 0.6 is 0 Å². The van der Waals surface area contributed by atoms with Gasteiger partial charge in [-0.15, -0.1) is 0 Å². The van der Waals surface area contributed by atoms with E-state index in [0.717, 1.165) is 0 Å². The first kappa shape index (κ1) is 15.6. The number of rotatable bonds is 3. The Morgan fingerprint density at radius 1 is 1.18 bits per heavy atom. The molecule has 0 spiro atoms. The van der Waals surface area contributed by atoms with Crippen LogP contribution in [-0.2, 0) is 4.74 Å². The van der Waals surface area contributed by atoms with E-state index in [4.69, 9.17) is 9.15 Å². The Labute approximate surface area is 127 Å². The van der Waals surface area contributed by atoms with E-state index in [1.807, 2.05) is 6.07 Å². The number of furan rings is 1. The van der Waals surface area contributed by atoms with Crippen molar-refractivity contribution in [2.75, 3.05) is 5.32 Å². The van der Waals surface area contributed by atoms with Crippen LogP contribution in [0.25, 0.3) is 11.3 Å². The van der Waals surface area contributed by atoms with Crippen LogP contribution in [0, 0.1) is 0 Å². The monoisotopic (exact) mass is 303 g/mol. The number of anilines is 1. The van der Waals surface area contributed by atoms with Gasteiger partial charge in [-0.3, -0.25) is 5.32 Å². The number of carboxylic acid groups (broad SMARTS) is 1. The highest BCUT2D eigenvalue weighted by Crippen LogP contribution is 2.29. The molecule has 0 saturated heterocycles. The first-order valence-corrected chi connectivity index (χ1v) is 6.69. The summed E-state index contributed by atoms with van der Waals surface area (Å²) < 4.78 is 10.4. The van der Waals surface area contributed by atoms with E-state index in [0.29, 0.717) is 11.3 Å². The Morgan fingerprint density at radius 3 is 2.36 bits per heavy atom. The maximum atomic E-state index is 11.8. The molecule has 1 aromatic carbocycles. The van der Waals surface area contributed by atoms with Crippen LogP contribution in [-0.4, -0.2) is 22.8 Å². The maximum absolute atomic E-state index is 11.8. The van der Waals surface area contributed by atoms with Gasteiger partial charge in [0.1, 0.15) is 11.4 Å². The standard InChI is InChI=1S/C16H17NO5/c1-16(2,3)22-15(20)17-11-9-12(21-13(11)14(18)19)10-7-5-4-6-8-10/h4-9H,1-3H3,(H,17,20)(H,18,19). The van der Waals surface area contributed by atoms with Gasteiger partial charge in [-0.2, -0.15) is 0 Å². The molecule has 1 amide bonds. The number of carbonyl (C=O) groups is 2. The molecule has 0 atom stereocenters. The SMILES string of the molecule is CC(C)(C)OC(=O)Nc1cc(-c2ccccc2)oc1C(=O)O. The zero-order chi connectivity index (χ0) is 16.3. The second-order valence-electron chi connectivity index (χ2n) is 5.65. The molecule has 0 bridgehead atoms. The van der Waals surface area contributed by atoms with E-state index in [-0.39, 0.29) is 11.4 Å². The van der Waals surface area contributed by atoms with Gasteiger partial charge in [-0.25, -0.2) is 9.59 Å². The largest absolute Gasteiger partial charge is 0.475 e. The fourth-order valence-corrected chi connectivity index (χ4v) is 1.80. The van der Waals surface area contributed by atoms with Gasteiger partial charge in [0, 0.05) is 11.6 Å². The molecule has 116 valence electrons. The molecule has 2 rings (SSSR count). The lowest BCUT2D eigenvalue weighted by Crippen LogP contribution is -2.27. The van der Waals surface area contributed by atoms with Crippen molar-refractivity contribution in [3.63, 3.8) is 0 Å². The average Bonchev–Trinajstić information content (AvgIpc) is 2.81. The molecule has 22 heavy (non-hydrogen) atoms. The van der Waals surface area contributed by atoms with Crippen molar-refractivity contribution >= 4 is 17.7 Å². The lowest BCUT2D eigenvalue weighted by Gasteiger charge is -2.19. The number of ether oxygens (including phenoxy) is 1. The Bertz CT molecular complexity index is 682. The minimum Gasteiger partial charge on any atom is -0.475 e. The Kier molecular flexibility index (Phi) is 4.21. The number of benzene rings is 1. The molecule has 6 nitrogen and oxygen atoms in total. The molecule has 1 heterocycles. The van der Waals surface area contributed by atoms with Crippen molar-refractivity contribution in [2.45, 2.75) is 26.4 Å². The van der Waals surface area contributed by atoms with Crippen LogP contribution in [0.15, 0.2) is 40.8 Å². The van der Waals surface area contributed by atoms with Gasteiger partial charge >= 0.3 is 12.1 Å². The van der Waals surface area contributed by atoms with Gasteiger partial charge in [-0.1, -0.05) is 30.3 Å². The van der Waals surface area contributed by atoms with Crippen LogP contribution in [0.3, 0.4) is 0 Å². The van der Waals surface area contributed by atoms with Crippen molar-refractivity contribution in [1.29, 1.82) is 0 Å². The smallest absolute Gasteiger partial charge is 0.412 e. The van der Waals surface area contributed by atoms with Crippen LogP contribution in [0.2, 0.25) is 0 Å². The van der Waals surface area contributed by atoms with E-state index in [9.17, 15) is 14.7 Å². The molecule has 1 aromatic heterocycles. The third kappa shape index (κ3) is 3.88. The molecule has 2 aromatic rings. The summed E-state index contributed by atoms with van der Waals surface area (Å²) in [5, 5.41) is 11.6. The summed E-state index contributed by atoms with van der Waals surface area (Å²) in [6.07, 6.45) is -0.740. The lowest BCUT2D eigenvalue weighted by molar-refractivity contribution is 0.0635. The van der Waals surface area contributed by atoms with Crippen LogP contribution in [0.5, 0.6) is 0 Å². The van der Waals surface area contributed by atoms with Gasteiger partial charge in [0.15, 0.2) is 0 Å². The van der Waals surface area contributed by atoms with E-state index in [1.54, 1.807) is 45.0 Å². The van der Waals surface area contributed by atoms with E-state index in [2.05, 4.69) is 5.32 Å². The summed E-state index contributed by atoms with van der Waals surface area (Å²) in [4.78, 5) is 23.0. The zero-order valence-corrected chi connectivity index (χ0v) is 12.5. The van der Waals surface area contributed by atoms with Crippen molar-refractivity contribution < 1.29 is 23.8 Å². The van der Waals surface area contributed by atoms with Crippen LogP contribution < -0.4 is 5.32 Å². The molecule has 0 saturated carbocycles. The summed E-state index contributed by atoms with van der Waals surface area (Å²) in [5.41, 5.74) is 0.0854. The van der Waals surface area contributed by atoms with E-state index in [1.165, 1.54) is 6.07 Å². The molecule has 0 fully saturated rings. The molecular formula is C16H17NO5. The third-order valence-electron chi connectivity index (χ3n) is 2.62. The molecule has 0 radical (unpaired) electrons. The summed E-state index contributed by atoms with van der Waals surface area (Å²) in [6.45, 7) is 5.15. The third-order valence-corrected chi connectivity index (χ3v) is 2.62. The topological polar surface area (TPSA) is 88.8 Å². The van der Waals surface area contributed by atoms with Gasteiger partial charge in [0.05, 0.1) is 5.69 Å². The van der Waals surface area contributed by atoms with Crippen LogP contribution in [0.1, 0.15) is 31.3 Å². The highest BCUT2D eigenvalue weighted by atomic mass is 16.6. The van der Waals surface area contributed by atoms with Crippen molar-refractivity contribution in [2.24, 2.45) is 0 Å². The van der Waals surface area contributed by atoms with E-state index < -0.39 is 17.7 Å². The lowest BCUT2D eigenvalue weighted by atomic mass is 10.2. The Hall–Kier alpha value is -2.76. The van der Waals surface area contributed by atoms with Gasteiger partial charge in [0.2, 0.25) is 5.76 Å². The quantitative estimate of drug-likeness (QED) is 0.894. The van der Waals surface area contributed by atoms with Crippen molar-refractivity contribution in [1.82, 2.24) is 0 Å². The summed E-state index contributed by atoms with van der Waals surface area (Å²) in [6, 6.07) is 10.5. The van der Waals surface area contributed by atoms with Gasteiger partial charge in [-0.05, 0) is 20.8 Å². The molecule has 0 aliphatic rings. The molecule has 2 N–H and O–H groups in total. The molecule has 6 heteroatoms. The number of nitrogens with one attached hydrogen (secondary N) is 1. The molecule has 0 aliphatic carbocycles. The number of amides is 1. The minimum atomic E-state index is -1.27. The maximum Gasteiger partial charge on any atom is 0.412 e. The first-order valence-electron chi connectivity index (χ1n) is 6.69. The number of carboxylic acids is 1.